The van der Waals surface area contributed by atoms with Crippen LogP contribution in [-0.2, 0) is 19.1 Å². The molecule has 1 aromatic carbocycles. The molecular weight excluding hydrogens is 438 g/mol. The molecule has 1 unspecified atom stereocenters. The lowest BCUT2D eigenvalue weighted by atomic mass is 10.0. The van der Waals surface area contributed by atoms with Crippen molar-refractivity contribution < 1.29 is 34.1 Å². The zero-order chi connectivity index (χ0) is 23.6. The first-order valence-corrected chi connectivity index (χ1v) is 10.9. The van der Waals surface area contributed by atoms with Crippen LogP contribution in [0.25, 0.3) is 0 Å². The van der Waals surface area contributed by atoms with Crippen molar-refractivity contribution in [1.82, 2.24) is 15.5 Å². The van der Waals surface area contributed by atoms with E-state index in [-0.39, 0.29) is 17.0 Å². The molecule has 0 aliphatic carbocycles. The molecule has 1 aromatic rings. The Balaban J connectivity index is 1.77. The quantitative estimate of drug-likeness (QED) is 0.457. The molecule has 0 bridgehead atoms. The van der Waals surface area contributed by atoms with Gasteiger partial charge in [-0.25, -0.2) is 9.59 Å². The molecule has 1 fully saturated rings. The number of nitrogens with zero attached hydrogens (tertiary/aromatic N) is 1. The van der Waals surface area contributed by atoms with E-state index in [2.05, 4.69) is 10.6 Å². The summed E-state index contributed by atoms with van der Waals surface area (Å²) in [7, 11) is 0. The minimum absolute atomic E-state index is 0.219. The maximum atomic E-state index is 13.1. The summed E-state index contributed by atoms with van der Waals surface area (Å²) in [6.07, 6.45) is -0.793. The summed E-state index contributed by atoms with van der Waals surface area (Å²) < 4.78 is 5.25. The average Bonchev–Trinajstić information content (AvgIpc) is 2.73. The zero-order valence-electron chi connectivity index (χ0n) is 17.8. The Morgan fingerprint density at radius 3 is 2.47 bits per heavy atom. The van der Waals surface area contributed by atoms with Crippen LogP contribution in [-0.4, -0.2) is 68.4 Å². The van der Waals surface area contributed by atoms with Gasteiger partial charge in [-0.3, -0.25) is 14.5 Å². The SMILES string of the molecule is CC(C)(C)OC(=O)NC(C(=O)N[C@@H]1C(=O)N2C(C(=O)O)=C(CO)CS[C@@H]12)c1ccccc1. The highest BCUT2D eigenvalue weighted by atomic mass is 32.2. The zero-order valence-corrected chi connectivity index (χ0v) is 18.6. The largest absolute Gasteiger partial charge is 0.477 e. The van der Waals surface area contributed by atoms with E-state index < -0.39 is 53.5 Å². The van der Waals surface area contributed by atoms with Crippen molar-refractivity contribution in [2.24, 2.45) is 0 Å². The predicted octanol–water partition coefficient (Wildman–Crippen LogP) is 0.983. The first-order valence-electron chi connectivity index (χ1n) is 9.89. The van der Waals surface area contributed by atoms with Crippen molar-refractivity contribution in [3.8, 4) is 0 Å². The van der Waals surface area contributed by atoms with Gasteiger partial charge in [0.15, 0.2) is 0 Å². The highest BCUT2D eigenvalue weighted by Crippen LogP contribution is 2.40. The van der Waals surface area contributed by atoms with Crippen LogP contribution in [0.15, 0.2) is 41.6 Å². The number of hydrogen-bond acceptors (Lipinski definition) is 7. The molecule has 4 N–H and O–H groups in total. The first-order chi connectivity index (χ1) is 15.0. The fourth-order valence-electron chi connectivity index (χ4n) is 3.41. The number of β-lactam (4-membered cyclic amide) rings is 1. The number of thioether (sulfide) groups is 1. The summed E-state index contributed by atoms with van der Waals surface area (Å²) in [4.78, 5) is 50.7. The monoisotopic (exact) mass is 463 g/mol. The number of nitrogens with one attached hydrogen (secondary N) is 2. The summed E-state index contributed by atoms with van der Waals surface area (Å²) in [5.74, 6) is -2.32. The molecule has 0 spiro atoms. The van der Waals surface area contributed by atoms with Gasteiger partial charge in [-0.1, -0.05) is 30.3 Å². The van der Waals surface area contributed by atoms with Crippen molar-refractivity contribution in [3.05, 3.63) is 47.2 Å². The molecule has 0 aromatic heterocycles. The highest BCUT2D eigenvalue weighted by molar-refractivity contribution is 8.00. The number of hydrogen-bond donors (Lipinski definition) is 4. The van der Waals surface area contributed by atoms with E-state index in [1.807, 2.05) is 0 Å². The van der Waals surface area contributed by atoms with Crippen LogP contribution >= 0.6 is 11.8 Å². The molecule has 3 atom stereocenters. The Bertz CT molecular complexity index is 958. The standard InChI is InChI=1S/C21H25N3O7S/c1-21(2,3)31-20(30)23-13(11-7-5-4-6-8-11)16(26)22-14-17(27)24-15(19(28)29)12(9-25)10-32-18(14)24/h4-8,13-14,18,25H,9-10H2,1-3H3,(H,22,26)(H,23,30)(H,28,29)/t13?,14-,18+/m1/s1. The number of fused-ring (bicyclic) bond motifs is 1. The fraction of sp³-hybridized carbons (Fsp3) is 0.429. The van der Waals surface area contributed by atoms with Crippen LogP contribution in [0.4, 0.5) is 4.79 Å². The predicted molar refractivity (Wildman–Crippen MR) is 115 cm³/mol. The second-order valence-corrected chi connectivity index (χ2v) is 9.41. The Morgan fingerprint density at radius 2 is 1.91 bits per heavy atom. The third kappa shape index (κ3) is 4.89. The van der Waals surface area contributed by atoms with Gasteiger partial charge in [0.25, 0.3) is 5.91 Å². The van der Waals surface area contributed by atoms with Gasteiger partial charge in [0.2, 0.25) is 5.91 Å². The van der Waals surface area contributed by atoms with Crippen molar-refractivity contribution in [2.45, 2.75) is 43.8 Å². The topological polar surface area (TPSA) is 145 Å². The van der Waals surface area contributed by atoms with E-state index in [4.69, 9.17) is 4.74 Å². The number of ether oxygens (including phenoxy) is 1. The summed E-state index contributed by atoms with van der Waals surface area (Å²) in [5, 5.41) is 23.4. The Kier molecular flexibility index (Phi) is 6.79. The number of aliphatic hydroxyl groups excluding tert-OH is 1. The van der Waals surface area contributed by atoms with E-state index in [1.54, 1.807) is 51.1 Å². The fourth-order valence-corrected chi connectivity index (χ4v) is 4.75. The highest BCUT2D eigenvalue weighted by Gasteiger charge is 2.54. The second-order valence-electron chi connectivity index (χ2n) is 8.30. The second kappa shape index (κ2) is 9.21. The number of alkyl carbamates (subject to hydrolysis) is 1. The smallest absolute Gasteiger partial charge is 0.408 e. The van der Waals surface area contributed by atoms with Crippen molar-refractivity contribution >= 4 is 35.6 Å². The van der Waals surface area contributed by atoms with Gasteiger partial charge in [0.05, 0.1) is 6.61 Å². The molecule has 1 saturated heterocycles. The van der Waals surface area contributed by atoms with Gasteiger partial charge < -0.3 is 25.6 Å². The minimum atomic E-state index is -1.31. The van der Waals surface area contributed by atoms with Gasteiger partial charge in [0, 0.05) is 5.75 Å². The number of benzene rings is 1. The molecule has 32 heavy (non-hydrogen) atoms. The molecule has 3 rings (SSSR count). The third-order valence-corrected chi connectivity index (χ3v) is 6.13. The van der Waals surface area contributed by atoms with Crippen LogP contribution < -0.4 is 10.6 Å². The van der Waals surface area contributed by atoms with Crippen molar-refractivity contribution in [1.29, 1.82) is 0 Å². The van der Waals surface area contributed by atoms with Crippen LogP contribution in [0.3, 0.4) is 0 Å². The van der Waals surface area contributed by atoms with Crippen LogP contribution in [0, 0.1) is 0 Å². The van der Waals surface area contributed by atoms with Crippen LogP contribution in [0.5, 0.6) is 0 Å². The van der Waals surface area contributed by atoms with Crippen LogP contribution in [0.2, 0.25) is 0 Å². The van der Waals surface area contributed by atoms with Gasteiger partial charge in [0.1, 0.15) is 28.8 Å². The van der Waals surface area contributed by atoms with Crippen LogP contribution in [0.1, 0.15) is 32.4 Å². The Morgan fingerprint density at radius 1 is 1.25 bits per heavy atom. The Labute approximate surface area is 189 Å². The molecule has 2 aliphatic heterocycles. The number of carboxylic acid groups (broad SMARTS) is 1. The summed E-state index contributed by atoms with van der Waals surface area (Å²) >= 11 is 1.25. The number of aliphatic hydroxyl groups is 1. The number of carbonyl (C=O) groups excluding carboxylic acids is 3. The Hall–Kier alpha value is -3.05. The first kappa shape index (κ1) is 23.6. The third-order valence-electron chi connectivity index (χ3n) is 4.79. The maximum Gasteiger partial charge on any atom is 0.408 e. The van der Waals surface area contributed by atoms with E-state index in [0.29, 0.717) is 5.56 Å². The number of amides is 3. The number of carbonyl (C=O) groups is 4. The van der Waals surface area contributed by atoms with Gasteiger partial charge in [-0.2, -0.15) is 0 Å². The number of rotatable bonds is 6. The summed E-state index contributed by atoms with van der Waals surface area (Å²) in [5.41, 5.74) is -0.289. The van der Waals surface area contributed by atoms with E-state index in [1.165, 1.54) is 11.8 Å². The lowest BCUT2D eigenvalue weighted by molar-refractivity contribution is -0.151. The molecule has 0 saturated carbocycles. The number of carboxylic acids is 1. The summed E-state index contributed by atoms with van der Waals surface area (Å²) in [6, 6.07) is 6.41. The molecule has 2 aliphatic rings. The van der Waals surface area contributed by atoms with E-state index in [9.17, 15) is 29.4 Å². The molecule has 3 amide bonds. The van der Waals surface area contributed by atoms with E-state index in [0.717, 1.165) is 4.90 Å². The molecule has 0 radical (unpaired) electrons. The van der Waals surface area contributed by atoms with Gasteiger partial charge in [-0.05, 0) is 31.9 Å². The van der Waals surface area contributed by atoms with Gasteiger partial charge in [-0.15, -0.1) is 11.8 Å². The molecule has 10 nitrogen and oxygen atoms in total. The maximum absolute atomic E-state index is 13.1. The molecular formula is C21H25N3O7S. The van der Waals surface area contributed by atoms with E-state index >= 15 is 0 Å². The lowest BCUT2D eigenvalue weighted by Crippen LogP contribution is -2.71. The van der Waals surface area contributed by atoms with Crippen molar-refractivity contribution in [2.75, 3.05) is 12.4 Å². The van der Waals surface area contributed by atoms with Gasteiger partial charge >= 0.3 is 12.1 Å². The minimum Gasteiger partial charge on any atom is -0.477 e. The molecule has 172 valence electrons. The molecule has 11 heteroatoms. The lowest BCUT2D eigenvalue weighted by Gasteiger charge is -2.49. The summed E-state index contributed by atoms with van der Waals surface area (Å²) in [6.45, 7) is 4.61. The average molecular weight is 464 g/mol. The van der Waals surface area contributed by atoms with Crippen molar-refractivity contribution in [3.63, 3.8) is 0 Å². The number of aliphatic carboxylic acids is 1. The normalized spacial score (nSPS) is 21.2. The molecule has 2 heterocycles.